The summed E-state index contributed by atoms with van der Waals surface area (Å²) in [5, 5.41) is 3.44. The average Bonchev–Trinajstić information content (AvgIpc) is 3.09. The van der Waals surface area contributed by atoms with E-state index >= 15 is 0 Å². The maximum atomic E-state index is 13.3. The molecule has 3 aromatic carbocycles. The van der Waals surface area contributed by atoms with E-state index in [9.17, 15) is 14.4 Å². The topological polar surface area (TPSA) is 79.0 Å². The van der Waals surface area contributed by atoms with Crippen molar-refractivity contribution in [3.05, 3.63) is 89.4 Å². The number of hydrogen-bond acceptors (Lipinski definition) is 4. The summed E-state index contributed by atoms with van der Waals surface area (Å²) in [6.45, 7) is 2.73. The SMILES string of the molecule is CCOc1ccc(NC(=O)CC2C(=O)N(c3ccccc3)C(=O)N2CCc2ccc(Cl)cc2)cc1. The second kappa shape index (κ2) is 11.1. The molecule has 0 spiro atoms. The van der Waals surface area contributed by atoms with E-state index in [2.05, 4.69) is 5.32 Å². The summed E-state index contributed by atoms with van der Waals surface area (Å²) >= 11 is 5.97. The zero-order valence-electron chi connectivity index (χ0n) is 19.3. The van der Waals surface area contributed by atoms with Crippen molar-refractivity contribution >= 4 is 40.8 Å². The van der Waals surface area contributed by atoms with Gasteiger partial charge >= 0.3 is 6.03 Å². The fourth-order valence-corrected chi connectivity index (χ4v) is 4.12. The van der Waals surface area contributed by atoms with Gasteiger partial charge in [-0.3, -0.25) is 9.59 Å². The number of ether oxygens (including phenoxy) is 1. The first kappa shape index (κ1) is 24.3. The molecule has 1 atom stereocenters. The molecular formula is C27H26ClN3O4. The van der Waals surface area contributed by atoms with Crippen molar-refractivity contribution in [2.75, 3.05) is 23.4 Å². The van der Waals surface area contributed by atoms with Gasteiger partial charge in [0.15, 0.2) is 0 Å². The highest BCUT2D eigenvalue weighted by Gasteiger charge is 2.46. The Morgan fingerprint density at radius 3 is 2.31 bits per heavy atom. The van der Waals surface area contributed by atoms with Gasteiger partial charge in [0.05, 0.1) is 18.7 Å². The number of carbonyl (C=O) groups is 3. The summed E-state index contributed by atoms with van der Waals surface area (Å²) in [6, 6.07) is 21.7. The number of imide groups is 1. The van der Waals surface area contributed by atoms with Crippen LogP contribution < -0.4 is 15.0 Å². The predicted octanol–water partition coefficient (Wildman–Crippen LogP) is 5.15. The maximum absolute atomic E-state index is 13.3. The number of nitrogens with zero attached hydrogens (tertiary/aromatic N) is 2. The summed E-state index contributed by atoms with van der Waals surface area (Å²) in [4.78, 5) is 42.1. The smallest absolute Gasteiger partial charge is 0.332 e. The van der Waals surface area contributed by atoms with Crippen LogP contribution in [-0.2, 0) is 16.0 Å². The van der Waals surface area contributed by atoms with E-state index in [0.717, 1.165) is 10.5 Å². The van der Waals surface area contributed by atoms with Crippen molar-refractivity contribution in [2.24, 2.45) is 0 Å². The van der Waals surface area contributed by atoms with Crippen LogP contribution in [0.3, 0.4) is 0 Å². The van der Waals surface area contributed by atoms with Crippen LogP contribution in [-0.4, -0.2) is 41.9 Å². The summed E-state index contributed by atoms with van der Waals surface area (Å²) in [6.07, 6.45) is 0.373. The van der Waals surface area contributed by atoms with E-state index in [1.165, 1.54) is 4.90 Å². The standard InChI is InChI=1S/C27H26ClN3O4/c1-2-35-23-14-12-21(13-15-23)29-25(32)18-24-26(33)31(22-6-4-3-5-7-22)27(34)30(24)17-16-19-8-10-20(28)11-9-19/h3-15,24H,2,16-18H2,1H3,(H,29,32). The Bertz CT molecular complexity index is 1180. The number of anilines is 2. The number of hydrogen-bond donors (Lipinski definition) is 1. The lowest BCUT2D eigenvalue weighted by Crippen LogP contribution is -2.39. The molecule has 1 aliphatic heterocycles. The van der Waals surface area contributed by atoms with Gasteiger partial charge in [-0.05, 0) is 67.4 Å². The van der Waals surface area contributed by atoms with Crippen molar-refractivity contribution in [3.63, 3.8) is 0 Å². The molecule has 4 rings (SSSR count). The molecule has 0 saturated carbocycles. The Kier molecular flexibility index (Phi) is 7.67. The Hall–Kier alpha value is -3.84. The van der Waals surface area contributed by atoms with Crippen LogP contribution in [0.15, 0.2) is 78.9 Å². The zero-order chi connectivity index (χ0) is 24.8. The van der Waals surface area contributed by atoms with Gasteiger partial charge in [0.25, 0.3) is 5.91 Å². The van der Waals surface area contributed by atoms with E-state index in [-0.39, 0.29) is 18.9 Å². The van der Waals surface area contributed by atoms with Gasteiger partial charge in [0.2, 0.25) is 5.91 Å². The summed E-state index contributed by atoms with van der Waals surface area (Å²) in [5.41, 5.74) is 2.04. The van der Waals surface area contributed by atoms with Gasteiger partial charge in [-0.15, -0.1) is 0 Å². The third-order valence-electron chi connectivity index (χ3n) is 5.72. The van der Waals surface area contributed by atoms with Crippen LogP contribution in [0.5, 0.6) is 5.75 Å². The molecule has 0 bridgehead atoms. The fraction of sp³-hybridized carbons (Fsp3) is 0.222. The molecule has 0 aliphatic carbocycles. The Morgan fingerprint density at radius 2 is 1.66 bits per heavy atom. The van der Waals surface area contributed by atoms with Crippen molar-refractivity contribution in [1.82, 2.24) is 4.90 Å². The second-order valence-corrected chi connectivity index (χ2v) is 8.52. The van der Waals surface area contributed by atoms with Crippen molar-refractivity contribution in [1.29, 1.82) is 0 Å². The highest BCUT2D eigenvalue weighted by atomic mass is 35.5. The molecule has 8 heteroatoms. The van der Waals surface area contributed by atoms with Crippen LogP contribution in [0.1, 0.15) is 18.9 Å². The van der Waals surface area contributed by atoms with Crippen LogP contribution in [0.25, 0.3) is 0 Å². The monoisotopic (exact) mass is 491 g/mol. The molecule has 1 fully saturated rings. The van der Waals surface area contributed by atoms with Crippen LogP contribution in [0.4, 0.5) is 16.2 Å². The lowest BCUT2D eigenvalue weighted by Gasteiger charge is -2.21. The molecule has 7 nitrogen and oxygen atoms in total. The van der Waals surface area contributed by atoms with Crippen molar-refractivity contribution in [3.8, 4) is 5.75 Å². The molecule has 1 N–H and O–H groups in total. The van der Waals surface area contributed by atoms with Gasteiger partial charge < -0.3 is 15.0 Å². The van der Waals surface area contributed by atoms with Gasteiger partial charge in [0, 0.05) is 17.3 Å². The van der Waals surface area contributed by atoms with Crippen molar-refractivity contribution < 1.29 is 19.1 Å². The molecule has 1 aliphatic rings. The van der Waals surface area contributed by atoms with E-state index < -0.39 is 18.0 Å². The quantitative estimate of drug-likeness (QED) is 0.420. The van der Waals surface area contributed by atoms with Gasteiger partial charge in [0.1, 0.15) is 11.8 Å². The highest BCUT2D eigenvalue weighted by molar-refractivity contribution is 6.30. The molecular weight excluding hydrogens is 466 g/mol. The maximum Gasteiger partial charge on any atom is 0.332 e. The van der Waals surface area contributed by atoms with E-state index in [0.29, 0.717) is 35.2 Å². The normalized spacial score (nSPS) is 15.4. The van der Waals surface area contributed by atoms with Crippen LogP contribution in [0.2, 0.25) is 5.02 Å². The minimum absolute atomic E-state index is 0.151. The number of benzene rings is 3. The van der Waals surface area contributed by atoms with E-state index in [1.807, 2.05) is 25.1 Å². The number of urea groups is 1. The molecule has 35 heavy (non-hydrogen) atoms. The zero-order valence-corrected chi connectivity index (χ0v) is 20.1. The lowest BCUT2D eigenvalue weighted by atomic mass is 10.1. The molecule has 1 unspecified atom stereocenters. The highest BCUT2D eigenvalue weighted by Crippen LogP contribution is 2.27. The molecule has 1 heterocycles. The molecule has 180 valence electrons. The number of carbonyl (C=O) groups excluding carboxylic acids is 3. The van der Waals surface area contributed by atoms with Crippen LogP contribution in [0, 0.1) is 0 Å². The molecule has 1 saturated heterocycles. The minimum Gasteiger partial charge on any atom is -0.494 e. The first-order chi connectivity index (χ1) is 17.0. The largest absolute Gasteiger partial charge is 0.494 e. The first-order valence-corrected chi connectivity index (χ1v) is 11.8. The minimum atomic E-state index is -0.905. The molecule has 4 amide bonds. The summed E-state index contributed by atoms with van der Waals surface area (Å²) < 4.78 is 5.42. The molecule has 0 aromatic heterocycles. The number of para-hydroxylation sites is 1. The summed E-state index contributed by atoms with van der Waals surface area (Å²) in [7, 11) is 0. The number of halogens is 1. The van der Waals surface area contributed by atoms with Gasteiger partial charge in [-0.25, -0.2) is 9.69 Å². The number of amides is 4. The Morgan fingerprint density at radius 1 is 0.971 bits per heavy atom. The number of rotatable bonds is 9. The fourth-order valence-electron chi connectivity index (χ4n) is 3.99. The predicted molar refractivity (Wildman–Crippen MR) is 136 cm³/mol. The summed E-state index contributed by atoms with van der Waals surface area (Å²) in [5.74, 6) is -0.0696. The Labute approximate surface area is 209 Å². The average molecular weight is 492 g/mol. The van der Waals surface area contributed by atoms with E-state index in [4.69, 9.17) is 16.3 Å². The third-order valence-corrected chi connectivity index (χ3v) is 5.97. The Balaban J connectivity index is 1.51. The van der Waals surface area contributed by atoms with Crippen molar-refractivity contribution in [2.45, 2.75) is 25.8 Å². The lowest BCUT2D eigenvalue weighted by molar-refractivity contribution is -0.124. The van der Waals surface area contributed by atoms with Gasteiger partial charge in [-0.1, -0.05) is 41.9 Å². The van der Waals surface area contributed by atoms with Gasteiger partial charge in [-0.2, -0.15) is 0 Å². The van der Waals surface area contributed by atoms with Crippen LogP contribution >= 0.6 is 11.6 Å². The molecule has 3 aromatic rings. The number of nitrogens with one attached hydrogen (secondary N) is 1. The third kappa shape index (κ3) is 5.81. The van der Waals surface area contributed by atoms with E-state index in [1.54, 1.807) is 60.7 Å². The first-order valence-electron chi connectivity index (χ1n) is 11.4. The second-order valence-electron chi connectivity index (χ2n) is 8.09. The molecule has 0 radical (unpaired) electrons.